The molecule has 2 aromatic rings. The van der Waals surface area contributed by atoms with Gasteiger partial charge in [-0.3, -0.25) is 9.59 Å². The fourth-order valence-electron chi connectivity index (χ4n) is 3.86. The Balaban J connectivity index is 1.76. The molecule has 0 amide bonds. The van der Waals surface area contributed by atoms with Gasteiger partial charge in [-0.05, 0) is 24.8 Å². The highest BCUT2D eigenvalue weighted by Gasteiger charge is 2.34. The first-order valence-electron chi connectivity index (χ1n) is 9.45. The lowest BCUT2D eigenvalue weighted by atomic mass is 9.87. The van der Waals surface area contributed by atoms with Crippen LogP contribution in [-0.2, 0) is 9.47 Å². The summed E-state index contributed by atoms with van der Waals surface area (Å²) in [7, 11) is 3.12. The molecule has 0 aromatic heterocycles. The first kappa shape index (κ1) is 19.6. The lowest BCUT2D eigenvalue weighted by Gasteiger charge is -2.38. The maximum absolute atomic E-state index is 12.0. The third kappa shape index (κ3) is 4.22. The molecule has 2 aromatic carbocycles. The average Bonchev–Trinajstić information content (AvgIpc) is 2.72. The second-order valence-electron chi connectivity index (χ2n) is 6.94. The Hall–Kier alpha value is -2.18. The molecular formula is C21H27NO5. The second-order valence-corrected chi connectivity index (χ2v) is 6.94. The van der Waals surface area contributed by atoms with Crippen molar-refractivity contribution in [3.8, 4) is 5.75 Å². The lowest BCUT2D eigenvalue weighted by Crippen LogP contribution is -2.46. The summed E-state index contributed by atoms with van der Waals surface area (Å²) in [6.45, 7) is 2.71. The van der Waals surface area contributed by atoms with Crippen LogP contribution in [0.5, 0.6) is 5.75 Å². The van der Waals surface area contributed by atoms with E-state index in [-0.39, 0.29) is 17.8 Å². The van der Waals surface area contributed by atoms with Crippen molar-refractivity contribution in [3.63, 3.8) is 0 Å². The van der Waals surface area contributed by atoms with E-state index in [4.69, 9.17) is 14.2 Å². The monoisotopic (exact) mass is 373 g/mol. The van der Waals surface area contributed by atoms with Gasteiger partial charge in [-0.25, -0.2) is 0 Å². The summed E-state index contributed by atoms with van der Waals surface area (Å²) in [4.78, 5) is 25.7. The standard InChI is InChI=1S/C21H27NO5/c1-25-12-7-13-27-20(15-8-4-3-5-9-15)16-10-6-11-22(14-16)17-18(23)19(24)21(17)26-2/h3-5,8-9,16,20H,6-7,10-14H2,1-2H3. The minimum absolute atomic E-state index is 0.0525. The Morgan fingerprint density at radius 1 is 1.11 bits per heavy atom. The highest BCUT2D eigenvalue weighted by molar-refractivity contribution is 5.64. The molecule has 1 aliphatic rings. The number of hydrogen-bond acceptors (Lipinski definition) is 6. The fraction of sp³-hybridized carbons (Fsp3) is 0.524. The van der Waals surface area contributed by atoms with Crippen LogP contribution in [0, 0.1) is 5.92 Å². The van der Waals surface area contributed by atoms with Gasteiger partial charge in [0, 0.05) is 39.3 Å². The lowest BCUT2D eigenvalue weighted by molar-refractivity contribution is -0.00240. The molecule has 0 saturated carbocycles. The second kappa shape index (κ2) is 9.15. The number of rotatable bonds is 9. The summed E-state index contributed by atoms with van der Waals surface area (Å²) < 4.78 is 16.5. The van der Waals surface area contributed by atoms with E-state index in [2.05, 4.69) is 12.1 Å². The molecule has 6 nitrogen and oxygen atoms in total. The van der Waals surface area contributed by atoms with Crippen LogP contribution in [0.4, 0.5) is 5.69 Å². The van der Waals surface area contributed by atoms with E-state index < -0.39 is 10.9 Å². The maximum atomic E-state index is 12.0. The largest absolute Gasteiger partial charge is 0.491 e. The number of benzene rings is 1. The van der Waals surface area contributed by atoms with Crippen molar-refractivity contribution in [2.24, 2.45) is 5.92 Å². The van der Waals surface area contributed by atoms with Gasteiger partial charge in [0.1, 0.15) is 5.69 Å². The molecule has 1 aliphatic heterocycles. The van der Waals surface area contributed by atoms with E-state index in [9.17, 15) is 9.59 Å². The minimum atomic E-state index is -0.523. The van der Waals surface area contributed by atoms with Gasteiger partial charge in [0.25, 0.3) is 10.9 Å². The van der Waals surface area contributed by atoms with Crippen LogP contribution in [0.25, 0.3) is 0 Å². The van der Waals surface area contributed by atoms with Crippen molar-refractivity contribution in [1.29, 1.82) is 0 Å². The van der Waals surface area contributed by atoms with E-state index in [1.54, 1.807) is 7.11 Å². The number of ether oxygens (including phenoxy) is 3. The van der Waals surface area contributed by atoms with Crippen molar-refractivity contribution in [2.75, 3.05) is 45.4 Å². The van der Waals surface area contributed by atoms with Gasteiger partial charge in [-0.15, -0.1) is 0 Å². The van der Waals surface area contributed by atoms with E-state index in [0.29, 0.717) is 25.4 Å². The van der Waals surface area contributed by atoms with Gasteiger partial charge in [0.2, 0.25) is 0 Å². The molecule has 1 saturated heterocycles. The van der Waals surface area contributed by atoms with Crippen molar-refractivity contribution < 1.29 is 14.2 Å². The number of nitrogens with zero attached hydrogens (tertiary/aromatic N) is 1. The predicted octanol–water partition coefficient (Wildman–Crippen LogP) is 2.30. The van der Waals surface area contributed by atoms with Crippen LogP contribution >= 0.6 is 0 Å². The van der Waals surface area contributed by atoms with Crippen molar-refractivity contribution in [3.05, 3.63) is 56.3 Å². The molecular weight excluding hydrogens is 346 g/mol. The first-order chi connectivity index (χ1) is 13.2. The molecule has 0 radical (unpaired) electrons. The normalized spacial score (nSPS) is 18.6. The van der Waals surface area contributed by atoms with Crippen molar-refractivity contribution >= 4 is 5.69 Å². The maximum Gasteiger partial charge on any atom is 0.272 e. The van der Waals surface area contributed by atoms with Crippen LogP contribution in [0.1, 0.15) is 30.9 Å². The Morgan fingerprint density at radius 2 is 1.89 bits per heavy atom. The van der Waals surface area contributed by atoms with Crippen LogP contribution < -0.4 is 20.5 Å². The average molecular weight is 373 g/mol. The number of anilines is 1. The van der Waals surface area contributed by atoms with Gasteiger partial charge in [-0.1, -0.05) is 30.3 Å². The molecule has 2 atom stereocenters. The fourth-order valence-corrected chi connectivity index (χ4v) is 3.86. The van der Waals surface area contributed by atoms with Gasteiger partial charge >= 0.3 is 0 Å². The minimum Gasteiger partial charge on any atom is -0.491 e. The molecule has 146 valence electrons. The molecule has 2 unspecified atom stereocenters. The molecule has 6 heteroatoms. The molecule has 27 heavy (non-hydrogen) atoms. The van der Waals surface area contributed by atoms with E-state index in [1.807, 2.05) is 23.1 Å². The van der Waals surface area contributed by atoms with Gasteiger partial charge in [-0.2, -0.15) is 0 Å². The molecule has 0 aliphatic carbocycles. The van der Waals surface area contributed by atoms with Crippen LogP contribution in [0.3, 0.4) is 0 Å². The molecule has 0 N–H and O–H groups in total. The Labute approximate surface area is 159 Å². The van der Waals surface area contributed by atoms with E-state index in [1.165, 1.54) is 7.11 Å². The number of hydrogen-bond donors (Lipinski definition) is 0. The molecule has 1 fully saturated rings. The summed E-state index contributed by atoms with van der Waals surface area (Å²) in [6.07, 6.45) is 2.74. The topological polar surface area (TPSA) is 65.1 Å². The van der Waals surface area contributed by atoms with Crippen LogP contribution in [0.15, 0.2) is 39.9 Å². The molecule has 1 heterocycles. The zero-order chi connectivity index (χ0) is 19.2. The summed E-state index contributed by atoms with van der Waals surface area (Å²) in [5.74, 6) is 0.427. The van der Waals surface area contributed by atoms with Crippen LogP contribution in [0.2, 0.25) is 0 Å². The molecule has 0 bridgehead atoms. The summed E-state index contributed by atoms with van der Waals surface area (Å²) in [6, 6.07) is 10.2. The Morgan fingerprint density at radius 3 is 2.59 bits per heavy atom. The van der Waals surface area contributed by atoms with Crippen molar-refractivity contribution in [1.82, 2.24) is 0 Å². The number of piperidine rings is 1. The van der Waals surface area contributed by atoms with E-state index >= 15 is 0 Å². The SMILES string of the molecule is COCCCOC(c1ccccc1)C1CCCN(c2c(OC)c(=O)c2=O)C1. The summed E-state index contributed by atoms with van der Waals surface area (Å²) in [5.41, 5.74) is 0.604. The van der Waals surface area contributed by atoms with Crippen LogP contribution in [-0.4, -0.2) is 40.5 Å². The van der Waals surface area contributed by atoms with Crippen molar-refractivity contribution in [2.45, 2.75) is 25.4 Å². The predicted molar refractivity (Wildman–Crippen MR) is 104 cm³/mol. The van der Waals surface area contributed by atoms with Gasteiger partial charge in [0.15, 0.2) is 5.75 Å². The number of methoxy groups -OCH3 is 2. The molecule has 3 rings (SSSR count). The zero-order valence-electron chi connectivity index (χ0n) is 16.0. The first-order valence-corrected chi connectivity index (χ1v) is 9.45. The van der Waals surface area contributed by atoms with E-state index in [0.717, 1.165) is 31.4 Å². The quantitative estimate of drug-likeness (QED) is 0.496. The third-order valence-electron chi connectivity index (χ3n) is 5.17. The Bertz CT molecular complexity index is 797. The Kier molecular flexibility index (Phi) is 6.63. The summed E-state index contributed by atoms with van der Waals surface area (Å²) >= 11 is 0. The highest BCUT2D eigenvalue weighted by Crippen LogP contribution is 2.35. The third-order valence-corrected chi connectivity index (χ3v) is 5.17. The zero-order valence-corrected chi connectivity index (χ0v) is 16.0. The summed E-state index contributed by atoms with van der Waals surface area (Å²) in [5, 5.41) is 0. The van der Waals surface area contributed by atoms with Gasteiger partial charge < -0.3 is 19.1 Å². The highest BCUT2D eigenvalue weighted by atomic mass is 16.5. The molecule has 0 spiro atoms. The van der Waals surface area contributed by atoms with Gasteiger partial charge in [0.05, 0.1) is 13.2 Å². The smallest absolute Gasteiger partial charge is 0.272 e.